The first-order chi connectivity index (χ1) is 6.06. The summed E-state index contributed by atoms with van der Waals surface area (Å²) >= 11 is 0. The van der Waals surface area contributed by atoms with Crippen LogP contribution in [0.1, 0.15) is 16.1 Å². The number of rotatable bonds is 1. The number of carbonyl (C=O) groups excluding carboxylic acids is 1. The molecule has 0 spiro atoms. The summed E-state index contributed by atoms with van der Waals surface area (Å²) in [6.07, 6.45) is 0. The van der Waals surface area contributed by atoms with Crippen LogP contribution in [0.25, 0.3) is 0 Å². The monoisotopic (exact) mass is 183 g/mol. The average molecular weight is 183 g/mol. The minimum Gasteiger partial charge on any atom is -0.507 e. The molecule has 0 aliphatic heterocycles. The van der Waals surface area contributed by atoms with E-state index in [0.29, 0.717) is 0 Å². The lowest BCUT2D eigenvalue weighted by atomic mass is 10.2. The molecule has 0 unspecified atom stereocenters. The van der Waals surface area contributed by atoms with E-state index < -0.39 is 11.5 Å². The summed E-state index contributed by atoms with van der Waals surface area (Å²) in [5, 5.41) is 9.25. The molecule has 5 nitrogen and oxygen atoms in total. The van der Waals surface area contributed by atoms with Crippen LogP contribution in [0.3, 0.4) is 0 Å². The number of hydrogen-bond donors (Lipinski definition) is 2. The van der Waals surface area contributed by atoms with Gasteiger partial charge in [0.2, 0.25) is 0 Å². The molecule has 0 saturated carbocycles. The summed E-state index contributed by atoms with van der Waals surface area (Å²) in [6.45, 7) is 1.51. The fourth-order valence-electron chi connectivity index (χ4n) is 1.03. The summed E-state index contributed by atoms with van der Waals surface area (Å²) in [7, 11) is 1.20. The van der Waals surface area contributed by atoms with Gasteiger partial charge in [0.1, 0.15) is 11.3 Å². The van der Waals surface area contributed by atoms with E-state index >= 15 is 0 Å². The smallest absolute Gasteiger partial charge is 0.343 e. The van der Waals surface area contributed by atoms with Crippen LogP contribution in [0.15, 0.2) is 10.9 Å². The first-order valence-electron chi connectivity index (χ1n) is 3.57. The van der Waals surface area contributed by atoms with Crippen molar-refractivity contribution >= 4 is 5.97 Å². The van der Waals surface area contributed by atoms with E-state index in [-0.39, 0.29) is 17.0 Å². The van der Waals surface area contributed by atoms with Crippen molar-refractivity contribution < 1.29 is 14.6 Å². The Bertz CT molecular complexity index is 367. The molecule has 0 aliphatic rings. The number of pyridine rings is 1. The van der Waals surface area contributed by atoms with Crippen LogP contribution in [0, 0.1) is 6.92 Å². The summed E-state index contributed by atoms with van der Waals surface area (Å²) in [4.78, 5) is 24.2. The predicted molar refractivity (Wildman–Crippen MR) is 44.8 cm³/mol. The van der Waals surface area contributed by atoms with E-state index in [2.05, 4.69) is 9.72 Å². The number of hydrogen-bond acceptors (Lipinski definition) is 4. The molecular formula is C8H9NO4. The minimum atomic E-state index is -0.675. The molecule has 0 saturated heterocycles. The van der Waals surface area contributed by atoms with Gasteiger partial charge < -0.3 is 14.8 Å². The molecule has 1 aromatic heterocycles. The van der Waals surface area contributed by atoms with Crippen LogP contribution in [-0.4, -0.2) is 23.2 Å². The maximum absolute atomic E-state index is 11.1. The number of aromatic hydroxyl groups is 1. The zero-order valence-corrected chi connectivity index (χ0v) is 7.25. The van der Waals surface area contributed by atoms with Gasteiger partial charge in [0.15, 0.2) is 0 Å². The summed E-state index contributed by atoms with van der Waals surface area (Å²) in [6, 6.07) is 0.930. The van der Waals surface area contributed by atoms with E-state index in [0.717, 1.165) is 6.07 Å². The lowest BCUT2D eigenvalue weighted by Crippen LogP contribution is -2.12. The van der Waals surface area contributed by atoms with Gasteiger partial charge in [-0.3, -0.25) is 4.79 Å². The van der Waals surface area contributed by atoms with Crippen molar-refractivity contribution in [2.24, 2.45) is 0 Å². The fraction of sp³-hybridized carbons (Fsp3) is 0.250. The summed E-state index contributed by atoms with van der Waals surface area (Å²) in [5.41, 5.74) is -0.179. The van der Waals surface area contributed by atoms with Gasteiger partial charge in [-0.25, -0.2) is 4.79 Å². The van der Waals surface area contributed by atoms with Crippen molar-refractivity contribution in [3.05, 3.63) is 27.7 Å². The molecule has 0 fully saturated rings. The average Bonchev–Trinajstić information content (AvgIpc) is 2.02. The van der Waals surface area contributed by atoms with E-state index in [4.69, 9.17) is 0 Å². The van der Waals surface area contributed by atoms with Crippen LogP contribution in [0.2, 0.25) is 0 Å². The van der Waals surface area contributed by atoms with Crippen LogP contribution < -0.4 is 5.56 Å². The van der Waals surface area contributed by atoms with Crippen molar-refractivity contribution in [2.75, 3.05) is 7.11 Å². The Morgan fingerprint density at radius 1 is 1.62 bits per heavy atom. The minimum absolute atomic E-state index is 0.0119. The van der Waals surface area contributed by atoms with E-state index in [1.165, 1.54) is 14.0 Å². The van der Waals surface area contributed by atoms with E-state index in [1.807, 2.05) is 0 Å². The maximum Gasteiger partial charge on any atom is 0.343 e. The summed E-state index contributed by atoms with van der Waals surface area (Å²) in [5.74, 6) is -1.04. The number of carbonyl (C=O) groups is 1. The Morgan fingerprint density at radius 2 is 2.23 bits per heavy atom. The lowest BCUT2D eigenvalue weighted by Gasteiger charge is -2.04. The SMILES string of the molecule is COC(=O)c1c(O)cc(=O)[nH]c1C. The molecular weight excluding hydrogens is 174 g/mol. The molecule has 1 aromatic rings. The molecule has 0 aliphatic carbocycles. The second-order valence-corrected chi connectivity index (χ2v) is 2.51. The number of H-pyrrole nitrogens is 1. The zero-order chi connectivity index (χ0) is 10.0. The topological polar surface area (TPSA) is 79.4 Å². The third-order valence-corrected chi connectivity index (χ3v) is 1.60. The number of aromatic nitrogens is 1. The predicted octanol–water partition coefficient (Wildman–Crippen LogP) is 0.176. The Hall–Kier alpha value is -1.78. The number of aryl methyl sites for hydroxylation is 1. The first-order valence-corrected chi connectivity index (χ1v) is 3.57. The molecule has 0 amide bonds. The first kappa shape index (κ1) is 9.31. The van der Waals surface area contributed by atoms with Crippen LogP contribution in [-0.2, 0) is 4.74 Å². The van der Waals surface area contributed by atoms with Crippen molar-refractivity contribution in [3.63, 3.8) is 0 Å². The Morgan fingerprint density at radius 3 is 2.69 bits per heavy atom. The van der Waals surface area contributed by atoms with Gasteiger partial charge in [-0.1, -0.05) is 0 Å². The molecule has 70 valence electrons. The molecule has 0 aromatic carbocycles. The normalized spacial score (nSPS) is 9.69. The zero-order valence-electron chi connectivity index (χ0n) is 7.25. The molecule has 1 heterocycles. The maximum atomic E-state index is 11.1. The molecule has 0 bridgehead atoms. The fourth-order valence-corrected chi connectivity index (χ4v) is 1.03. The Kier molecular flexibility index (Phi) is 2.36. The van der Waals surface area contributed by atoms with E-state index in [1.54, 1.807) is 0 Å². The number of ether oxygens (including phenoxy) is 1. The van der Waals surface area contributed by atoms with Crippen molar-refractivity contribution in [3.8, 4) is 5.75 Å². The number of nitrogens with one attached hydrogen (secondary N) is 1. The van der Waals surface area contributed by atoms with Crippen LogP contribution in [0.4, 0.5) is 0 Å². The standard InChI is InChI=1S/C8H9NO4/c1-4-7(8(12)13-2)5(10)3-6(11)9-4/h3H,1-2H3,(H2,9,10,11). The highest BCUT2D eigenvalue weighted by atomic mass is 16.5. The van der Waals surface area contributed by atoms with Crippen LogP contribution in [0.5, 0.6) is 5.75 Å². The summed E-state index contributed by atoms with van der Waals surface area (Å²) < 4.78 is 4.42. The van der Waals surface area contributed by atoms with Gasteiger partial charge in [-0.15, -0.1) is 0 Å². The van der Waals surface area contributed by atoms with Gasteiger partial charge in [0.25, 0.3) is 5.56 Å². The van der Waals surface area contributed by atoms with Gasteiger partial charge in [0, 0.05) is 11.8 Å². The lowest BCUT2D eigenvalue weighted by molar-refractivity contribution is 0.0596. The second kappa shape index (κ2) is 3.30. The molecule has 2 N–H and O–H groups in total. The molecule has 1 rings (SSSR count). The van der Waals surface area contributed by atoms with Gasteiger partial charge in [-0.05, 0) is 6.92 Å². The second-order valence-electron chi connectivity index (χ2n) is 2.51. The Labute approximate surface area is 74.0 Å². The largest absolute Gasteiger partial charge is 0.507 e. The third kappa shape index (κ3) is 1.69. The highest BCUT2D eigenvalue weighted by Gasteiger charge is 2.15. The highest BCUT2D eigenvalue weighted by molar-refractivity contribution is 5.93. The van der Waals surface area contributed by atoms with E-state index in [9.17, 15) is 14.7 Å². The molecule has 5 heteroatoms. The van der Waals surface area contributed by atoms with Gasteiger partial charge in [-0.2, -0.15) is 0 Å². The molecule has 0 atom stereocenters. The highest BCUT2D eigenvalue weighted by Crippen LogP contribution is 2.16. The Balaban J connectivity index is 3.37. The third-order valence-electron chi connectivity index (χ3n) is 1.60. The quantitative estimate of drug-likeness (QED) is 0.608. The van der Waals surface area contributed by atoms with Crippen molar-refractivity contribution in [1.29, 1.82) is 0 Å². The van der Waals surface area contributed by atoms with Crippen molar-refractivity contribution in [2.45, 2.75) is 6.92 Å². The van der Waals surface area contributed by atoms with Crippen molar-refractivity contribution in [1.82, 2.24) is 4.98 Å². The van der Waals surface area contributed by atoms with Crippen LogP contribution >= 0.6 is 0 Å². The number of aromatic amines is 1. The van der Waals surface area contributed by atoms with Gasteiger partial charge >= 0.3 is 5.97 Å². The number of esters is 1. The van der Waals surface area contributed by atoms with Gasteiger partial charge in [0.05, 0.1) is 7.11 Å². The number of methoxy groups -OCH3 is 1. The molecule has 13 heavy (non-hydrogen) atoms. The molecule has 0 radical (unpaired) electrons.